The third-order valence-electron chi connectivity index (χ3n) is 1.21. The van der Waals surface area contributed by atoms with Crippen LogP contribution < -0.4 is 0 Å². The van der Waals surface area contributed by atoms with Gasteiger partial charge in [0.15, 0.2) is 6.17 Å². The maximum Gasteiger partial charge on any atom is 0.422 e. The highest BCUT2D eigenvalue weighted by atomic mass is 19.4. The van der Waals surface area contributed by atoms with Crippen molar-refractivity contribution in [2.75, 3.05) is 0 Å². The first kappa shape index (κ1) is 11.6. The minimum atomic E-state index is -5.35. The van der Waals surface area contributed by atoms with Crippen LogP contribution in [0.4, 0.5) is 26.3 Å². The summed E-state index contributed by atoms with van der Waals surface area (Å²) < 4.78 is 70.5. The second-order valence-corrected chi connectivity index (χ2v) is 2.19. The molecule has 0 heterocycles. The van der Waals surface area contributed by atoms with Crippen molar-refractivity contribution in [3.63, 3.8) is 0 Å². The molecule has 0 aromatic rings. The molecule has 2 unspecified atom stereocenters. The second kappa shape index (κ2) is 4.00. The summed E-state index contributed by atoms with van der Waals surface area (Å²) in [6.45, 7) is 2.82. The summed E-state index contributed by atoms with van der Waals surface area (Å²) in [6, 6.07) is 0. The van der Waals surface area contributed by atoms with Crippen LogP contribution in [-0.4, -0.2) is 24.7 Å². The maximum atomic E-state index is 12.2. The Morgan fingerprint density at radius 1 is 1.08 bits per heavy atom. The average molecular weight is 193 g/mol. The van der Waals surface area contributed by atoms with E-state index in [0.717, 1.165) is 0 Å². The van der Waals surface area contributed by atoms with Crippen LogP contribution in [-0.2, 0) is 0 Å². The number of hydrogen-bond acceptors (Lipinski definition) is 0. The maximum absolute atomic E-state index is 12.2. The van der Waals surface area contributed by atoms with Crippen molar-refractivity contribution in [1.29, 1.82) is 0 Å². The molecule has 0 bridgehead atoms. The van der Waals surface area contributed by atoms with Crippen LogP contribution in [0.25, 0.3) is 0 Å². The van der Waals surface area contributed by atoms with Gasteiger partial charge in [0.25, 0.3) is 0 Å². The van der Waals surface area contributed by atoms with Crippen LogP contribution in [0.1, 0.15) is 6.42 Å². The van der Waals surface area contributed by atoms with E-state index in [1.807, 2.05) is 0 Å². The van der Waals surface area contributed by atoms with Crippen LogP contribution in [0.3, 0.4) is 0 Å². The van der Waals surface area contributed by atoms with Gasteiger partial charge in [-0.15, -0.1) is 0 Å². The summed E-state index contributed by atoms with van der Waals surface area (Å²) in [5.74, 6) is 0. The quantitative estimate of drug-likeness (QED) is 0.604. The van der Waals surface area contributed by atoms with E-state index in [-0.39, 0.29) is 0 Å². The fraction of sp³-hybridized carbons (Fsp3) is 0.833. The lowest BCUT2D eigenvalue weighted by Gasteiger charge is -2.18. The molecule has 0 rings (SSSR count). The molecule has 0 saturated carbocycles. The Labute approximate surface area is 65.6 Å². The van der Waals surface area contributed by atoms with Gasteiger partial charge in [-0.25, -0.2) is 13.2 Å². The average Bonchev–Trinajstić information content (AvgIpc) is 1.98. The van der Waals surface area contributed by atoms with Gasteiger partial charge in [0.1, 0.15) is 6.17 Å². The van der Waals surface area contributed by atoms with Crippen LogP contribution in [0.15, 0.2) is 0 Å². The molecule has 0 aliphatic rings. The van der Waals surface area contributed by atoms with Gasteiger partial charge in [-0.1, -0.05) is 6.92 Å². The Morgan fingerprint density at radius 3 is 1.75 bits per heavy atom. The first-order chi connectivity index (χ1) is 5.30. The Bertz CT molecular complexity index is 130. The zero-order valence-electron chi connectivity index (χ0n) is 5.91. The number of hydrogen-bond donors (Lipinski definition) is 0. The first-order valence-electron chi connectivity index (χ1n) is 3.09. The Morgan fingerprint density at radius 2 is 1.50 bits per heavy atom. The van der Waals surface area contributed by atoms with Crippen molar-refractivity contribution in [3.05, 3.63) is 6.92 Å². The van der Waals surface area contributed by atoms with Crippen molar-refractivity contribution in [2.45, 2.75) is 31.1 Å². The standard InChI is InChI=1S/C6H7F6/c1-2-3(7)4(8)5(9)6(10,11)12/h3-5H,1-2H2/t3?,4?,5-/m0/s1. The smallest absolute Gasteiger partial charge is 0.244 e. The molecule has 0 fully saturated rings. The van der Waals surface area contributed by atoms with Crippen molar-refractivity contribution in [3.8, 4) is 0 Å². The van der Waals surface area contributed by atoms with E-state index in [4.69, 9.17) is 0 Å². The van der Waals surface area contributed by atoms with E-state index >= 15 is 0 Å². The lowest BCUT2D eigenvalue weighted by Crippen LogP contribution is -2.38. The predicted molar refractivity (Wildman–Crippen MR) is 30.7 cm³/mol. The molecule has 6 heteroatoms. The molecular formula is C6H7F6. The third-order valence-corrected chi connectivity index (χ3v) is 1.21. The number of rotatable bonds is 3. The molecule has 0 aliphatic carbocycles. The lowest BCUT2D eigenvalue weighted by molar-refractivity contribution is -0.202. The monoisotopic (exact) mass is 193 g/mol. The summed E-state index contributed by atoms with van der Waals surface area (Å²) >= 11 is 0. The first-order valence-corrected chi connectivity index (χ1v) is 3.09. The van der Waals surface area contributed by atoms with E-state index in [1.165, 1.54) is 0 Å². The molecule has 0 aromatic heterocycles. The van der Waals surface area contributed by atoms with Crippen molar-refractivity contribution in [1.82, 2.24) is 0 Å². The van der Waals surface area contributed by atoms with Crippen molar-refractivity contribution in [2.24, 2.45) is 0 Å². The second-order valence-electron chi connectivity index (χ2n) is 2.19. The zero-order valence-corrected chi connectivity index (χ0v) is 5.91. The third kappa shape index (κ3) is 2.91. The highest BCUT2D eigenvalue weighted by Gasteiger charge is 2.48. The van der Waals surface area contributed by atoms with Gasteiger partial charge in [-0.05, 0) is 6.42 Å². The molecule has 0 nitrogen and oxygen atoms in total. The fourth-order valence-corrected chi connectivity index (χ4v) is 0.523. The minimum absolute atomic E-state index is 0.725. The van der Waals surface area contributed by atoms with Gasteiger partial charge in [0, 0.05) is 0 Å². The van der Waals surface area contributed by atoms with E-state index < -0.39 is 31.1 Å². The largest absolute Gasteiger partial charge is 0.422 e. The normalized spacial score (nSPS) is 20.2. The van der Waals surface area contributed by atoms with E-state index in [2.05, 4.69) is 6.92 Å². The van der Waals surface area contributed by atoms with Gasteiger partial charge in [-0.2, -0.15) is 13.2 Å². The SMILES string of the molecule is [CH2]CC(F)C(F)[C@H](F)C(F)(F)F. The number of alkyl halides is 6. The number of halogens is 6. The van der Waals surface area contributed by atoms with Crippen molar-refractivity contribution < 1.29 is 26.3 Å². The summed E-state index contributed by atoms with van der Waals surface area (Å²) in [6.07, 6.45) is -15.5. The van der Waals surface area contributed by atoms with Crippen LogP contribution in [0.2, 0.25) is 0 Å². The van der Waals surface area contributed by atoms with E-state index in [1.54, 1.807) is 0 Å². The summed E-state index contributed by atoms with van der Waals surface area (Å²) in [4.78, 5) is 0. The highest BCUT2D eigenvalue weighted by Crippen LogP contribution is 2.29. The van der Waals surface area contributed by atoms with Crippen molar-refractivity contribution >= 4 is 0 Å². The van der Waals surface area contributed by atoms with Gasteiger partial charge in [0.2, 0.25) is 6.17 Å². The lowest BCUT2D eigenvalue weighted by atomic mass is 10.1. The molecule has 0 spiro atoms. The Kier molecular flexibility index (Phi) is 3.86. The highest BCUT2D eigenvalue weighted by molar-refractivity contribution is 4.81. The molecule has 0 aliphatic heterocycles. The molecule has 12 heavy (non-hydrogen) atoms. The summed E-state index contributed by atoms with van der Waals surface area (Å²) in [5.41, 5.74) is 0. The van der Waals surface area contributed by atoms with Crippen LogP contribution in [0, 0.1) is 6.92 Å². The molecule has 3 atom stereocenters. The topological polar surface area (TPSA) is 0 Å². The molecule has 1 radical (unpaired) electrons. The van der Waals surface area contributed by atoms with E-state index in [0.29, 0.717) is 0 Å². The Balaban J connectivity index is 4.19. The van der Waals surface area contributed by atoms with E-state index in [9.17, 15) is 26.3 Å². The molecule has 0 aromatic carbocycles. The van der Waals surface area contributed by atoms with Gasteiger partial charge in [0.05, 0.1) is 0 Å². The zero-order chi connectivity index (χ0) is 9.94. The van der Waals surface area contributed by atoms with Crippen LogP contribution in [0.5, 0.6) is 0 Å². The molecular weight excluding hydrogens is 186 g/mol. The molecule has 0 saturated heterocycles. The fourth-order valence-electron chi connectivity index (χ4n) is 0.523. The summed E-state index contributed by atoms with van der Waals surface area (Å²) in [7, 11) is 0. The molecule has 0 amide bonds. The van der Waals surface area contributed by atoms with Gasteiger partial charge < -0.3 is 0 Å². The van der Waals surface area contributed by atoms with Gasteiger partial charge >= 0.3 is 6.18 Å². The molecule has 73 valence electrons. The Hall–Kier alpha value is -0.420. The summed E-state index contributed by atoms with van der Waals surface area (Å²) in [5, 5.41) is 0. The van der Waals surface area contributed by atoms with Gasteiger partial charge in [-0.3, -0.25) is 0 Å². The minimum Gasteiger partial charge on any atom is -0.244 e. The predicted octanol–water partition coefficient (Wildman–Crippen LogP) is 2.79. The van der Waals surface area contributed by atoms with Crippen LogP contribution >= 0.6 is 0 Å². The molecule has 0 N–H and O–H groups in total.